The number of allylic oxidation sites excluding steroid dienone is 4. The number of fused-ring (bicyclic) bond motifs is 4. The summed E-state index contributed by atoms with van der Waals surface area (Å²) in [6, 6.07) is 44.6. The van der Waals surface area contributed by atoms with Gasteiger partial charge in [-0.3, -0.25) is 0 Å². The summed E-state index contributed by atoms with van der Waals surface area (Å²) in [4.78, 5) is 3.68. The standard InChI is InChI=1S/C47H41N2O2S/c1-34-32-43-46(33-35(34)2)52-47(49(43)29-31-51-45-24-13-18-37-16-7-9-21-41(37)45)25-5-3-4-14-38-26-27-48(42-22-11-10-19-39(38)42)28-30-50-44-23-12-17-36-15-6-8-20-40(36)44/h3-27,32-33H,28-31H2,1-2H3/q+1. The van der Waals surface area contributed by atoms with Crippen molar-refractivity contribution >= 4 is 56.0 Å². The Balaban J connectivity index is 0.958. The van der Waals surface area contributed by atoms with Crippen LogP contribution < -0.4 is 18.9 Å². The molecule has 7 aromatic rings. The van der Waals surface area contributed by atoms with E-state index < -0.39 is 0 Å². The van der Waals surface area contributed by atoms with E-state index in [1.807, 2.05) is 17.8 Å². The highest BCUT2D eigenvalue weighted by molar-refractivity contribution is 8.03. The summed E-state index contributed by atoms with van der Waals surface area (Å²) < 4.78 is 14.9. The highest BCUT2D eigenvalue weighted by Crippen LogP contribution is 2.47. The Labute approximate surface area is 309 Å². The maximum Gasteiger partial charge on any atom is 0.213 e. The molecule has 0 spiro atoms. The van der Waals surface area contributed by atoms with E-state index in [0.717, 1.165) is 35.4 Å². The highest BCUT2D eigenvalue weighted by atomic mass is 32.2. The lowest BCUT2D eigenvalue weighted by Gasteiger charge is -2.21. The molecule has 8 rings (SSSR count). The van der Waals surface area contributed by atoms with Gasteiger partial charge in [-0.05, 0) is 77.7 Å². The number of rotatable bonds is 11. The van der Waals surface area contributed by atoms with Gasteiger partial charge in [0.1, 0.15) is 24.7 Å². The van der Waals surface area contributed by atoms with E-state index in [4.69, 9.17) is 9.47 Å². The summed E-state index contributed by atoms with van der Waals surface area (Å²) in [5.74, 6) is 1.85. The zero-order valence-corrected chi connectivity index (χ0v) is 30.4. The lowest BCUT2D eigenvalue weighted by atomic mass is 10.1. The Hall–Kier alpha value is -5.78. The molecule has 2 heterocycles. The van der Waals surface area contributed by atoms with E-state index in [1.165, 1.54) is 54.0 Å². The van der Waals surface area contributed by atoms with Crippen molar-refractivity contribution in [3.8, 4) is 11.5 Å². The highest BCUT2D eigenvalue weighted by Gasteiger charge is 2.25. The normalized spacial score (nSPS) is 13.7. The van der Waals surface area contributed by atoms with Gasteiger partial charge in [-0.25, -0.2) is 0 Å². The number of thioether (sulfide) groups is 1. The van der Waals surface area contributed by atoms with Crippen LogP contribution in [0.2, 0.25) is 0 Å². The first kappa shape index (κ1) is 33.4. The third-order valence-corrected chi connectivity index (χ3v) is 10.8. The van der Waals surface area contributed by atoms with Gasteiger partial charge in [-0.1, -0.05) is 121 Å². The lowest BCUT2D eigenvalue weighted by Crippen LogP contribution is -2.37. The summed E-state index contributed by atoms with van der Waals surface area (Å²) in [5, 5.41) is 7.08. The average molecular weight is 698 g/mol. The molecule has 1 aliphatic heterocycles. The van der Waals surface area contributed by atoms with Crippen molar-refractivity contribution < 1.29 is 14.0 Å². The van der Waals surface area contributed by atoms with Crippen molar-refractivity contribution in [2.24, 2.45) is 0 Å². The fraction of sp³-hybridized carbons (Fsp3) is 0.128. The number of hydrogen-bond acceptors (Lipinski definition) is 4. The van der Waals surface area contributed by atoms with E-state index in [-0.39, 0.29) is 0 Å². The van der Waals surface area contributed by atoms with Crippen molar-refractivity contribution in [1.82, 2.24) is 0 Å². The number of aromatic nitrogens is 1. The van der Waals surface area contributed by atoms with Crippen LogP contribution in [0.5, 0.6) is 11.5 Å². The van der Waals surface area contributed by atoms with Crippen LogP contribution in [-0.2, 0) is 6.54 Å². The van der Waals surface area contributed by atoms with E-state index in [2.05, 4.69) is 181 Å². The van der Waals surface area contributed by atoms with Crippen molar-refractivity contribution in [3.05, 3.63) is 180 Å². The molecular weight excluding hydrogens is 657 g/mol. The van der Waals surface area contributed by atoms with Gasteiger partial charge in [0.2, 0.25) is 5.52 Å². The van der Waals surface area contributed by atoms with Crippen LogP contribution in [-0.4, -0.2) is 19.8 Å². The molecule has 1 aromatic heterocycles. The van der Waals surface area contributed by atoms with Crippen LogP contribution in [0.1, 0.15) is 16.7 Å². The Morgan fingerprint density at radius 3 is 2.02 bits per heavy atom. The predicted molar refractivity (Wildman–Crippen MR) is 218 cm³/mol. The number of anilines is 1. The molecule has 0 bridgehead atoms. The maximum absolute atomic E-state index is 6.38. The van der Waals surface area contributed by atoms with Crippen LogP contribution in [0.15, 0.2) is 168 Å². The molecule has 0 fully saturated rings. The number of para-hydroxylation sites is 1. The predicted octanol–water partition coefficient (Wildman–Crippen LogP) is 11.2. The van der Waals surface area contributed by atoms with Crippen molar-refractivity contribution in [2.75, 3.05) is 24.7 Å². The molecule has 6 aromatic carbocycles. The Bertz CT molecular complexity index is 2490. The topological polar surface area (TPSA) is 25.6 Å². The fourth-order valence-corrected chi connectivity index (χ4v) is 8.04. The smallest absolute Gasteiger partial charge is 0.213 e. The first-order valence-electron chi connectivity index (χ1n) is 17.9. The van der Waals surface area contributed by atoms with Gasteiger partial charge in [-0.15, -0.1) is 0 Å². The van der Waals surface area contributed by atoms with Crippen molar-refractivity contribution in [1.29, 1.82) is 0 Å². The van der Waals surface area contributed by atoms with Crippen LogP contribution in [0.4, 0.5) is 5.69 Å². The molecule has 0 radical (unpaired) electrons. The largest absolute Gasteiger partial charge is 0.491 e. The van der Waals surface area contributed by atoms with Gasteiger partial charge in [0.15, 0.2) is 12.7 Å². The van der Waals surface area contributed by atoms with E-state index >= 15 is 0 Å². The average Bonchev–Trinajstić information content (AvgIpc) is 3.50. The second-order valence-corrected chi connectivity index (χ2v) is 14.1. The number of ether oxygens (including phenoxy) is 2. The first-order chi connectivity index (χ1) is 25.6. The van der Waals surface area contributed by atoms with Gasteiger partial charge in [0, 0.05) is 27.8 Å². The minimum absolute atomic E-state index is 0.582. The van der Waals surface area contributed by atoms with Gasteiger partial charge in [0.25, 0.3) is 0 Å². The zero-order valence-electron chi connectivity index (χ0n) is 29.5. The van der Waals surface area contributed by atoms with E-state index in [0.29, 0.717) is 13.2 Å². The summed E-state index contributed by atoms with van der Waals surface area (Å²) in [5.41, 5.74) is 6.22. The summed E-state index contributed by atoms with van der Waals surface area (Å²) >= 11 is 1.82. The van der Waals surface area contributed by atoms with E-state index in [9.17, 15) is 0 Å². The van der Waals surface area contributed by atoms with E-state index in [1.54, 1.807) is 0 Å². The summed E-state index contributed by atoms with van der Waals surface area (Å²) in [6.07, 6.45) is 12.9. The maximum atomic E-state index is 6.38. The fourth-order valence-electron chi connectivity index (χ4n) is 6.86. The third kappa shape index (κ3) is 7.05. The van der Waals surface area contributed by atoms with Gasteiger partial charge >= 0.3 is 0 Å². The molecule has 256 valence electrons. The molecule has 0 amide bonds. The Morgan fingerprint density at radius 2 is 1.27 bits per heavy atom. The van der Waals surface area contributed by atoms with Gasteiger partial charge in [-0.2, -0.15) is 4.57 Å². The number of nitrogens with zero attached hydrogens (tertiary/aromatic N) is 2. The lowest BCUT2D eigenvalue weighted by molar-refractivity contribution is -0.672. The first-order valence-corrected chi connectivity index (χ1v) is 18.7. The zero-order chi connectivity index (χ0) is 35.3. The molecule has 0 atom stereocenters. The number of hydrogen-bond donors (Lipinski definition) is 0. The molecule has 5 heteroatoms. The van der Waals surface area contributed by atoms with Crippen molar-refractivity contribution in [3.63, 3.8) is 0 Å². The van der Waals surface area contributed by atoms with Crippen molar-refractivity contribution in [2.45, 2.75) is 25.3 Å². The molecular formula is C47H41N2O2S+. The molecule has 1 aliphatic rings. The molecule has 0 N–H and O–H groups in total. The monoisotopic (exact) mass is 697 g/mol. The summed E-state index contributed by atoms with van der Waals surface area (Å²) in [7, 11) is 0. The van der Waals surface area contributed by atoms with Crippen LogP contribution >= 0.6 is 11.8 Å². The number of benzene rings is 6. The van der Waals surface area contributed by atoms with Gasteiger partial charge in [0.05, 0.1) is 22.6 Å². The van der Waals surface area contributed by atoms with Crippen LogP contribution in [0, 0.1) is 13.8 Å². The minimum Gasteiger partial charge on any atom is -0.491 e. The third-order valence-electron chi connectivity index (χ3n) is 9.70. The molecule has 0 aliphatic carbocycles. The molecule has 0 unspecified atom stereocenters. The van der Waals surface area contributed by atoms with Crippen LogP contribution in [0.3, 0.4) is 0 Å². The molecule has 4 nitrogen and oxygen atoms in total. The minimum atomic E-state index is 0.582. The number of aryl methyl sites for hydroxylation is 2. The second kappa shape index (κ2) is 15.2. The van der Waals surface area contributed by atoms with Gasteiger partial charge < -0.3 is 14.4 Å². The molecule has 0 saturated heterocycles. The quantitative estimate of drug-likeness (QED) is 0.0993. The number of pyridine rings is 1. The Morgan fingerprint density at radius 1 is 0.635 bits per heavy atom. The second-order valence-electron chi connectivity index (χ2n) is 13.0. The SMILES string of the molecule is Cc1cc2c(cc1C)N(CCOc1cccc3ccccc13)C(=CC=CC=Cc1cc[n+](CCOc3cccc4ccccc34)c3ccccc13)S2. The van der Waals surface area contributed by atoms with Crippen LogP contribution in [0.25, 0.3) is 38.5 Å². The summed E-state index contributed by atoms with van der Waals surface area (Å²) in [6.45, 7) is 7.05. The molecule has 52 heavy (non-hydrogen) atoms. The Kier molecular flexibility index (Phi) is 9.77. The molecule has 0 saturated carbocycles.